The van der Waals surface area contributed by atoms with Crippen molar-refractivity contribution in [1.29, 1.82) is 0 Å². The molecule has 6 heteroatoms. The van der Waals surface area contributed by atoms with Gasteiger partial charge in [-0.05, 0) is 13.8 Å². The Bertz CT molecular complexity index is 319. The highest BCUT2D eigenvalue weighted by Gasteiger charge is 2.22. The lowest BCUT2D eigenvalue weighted by molar-refractivity contribution is -0.0553. The first kappa shape index (κ1) is 9.66. The molecule has 1 heterocycles. The van der Waals surface area contributed by atoms with E-state index in [0.717, 1.165) is 0 Å². The van der Waals surface area contributed by atoms with Crippen molar-refractivity contribution in [3.05, 3.63) is 12.2 Å². The maximum Gasteiger partial charge on any atom is 0.375 e. The molecule has 1 rings (SSSR count). The molecular weight excluding hydrogens is 174 g/mol. The van der Waals surface area contributed by atoms with E-state index in [1.807, 2.05) is 0 Å². The number of rotatable bonds is 3. The van der Waals surface area contributed by atoms with Crippen LogP contribution in [0, 0.1) is 0 Å². The van der Waals surface area contributed by atoms with Crippen molar-refractivity contribution in [2.24, 2.45) is 0 Å². The van der Waals surface area contributed by atoms with E-state index < -0.39 is 11.7 Å². The van der Waals surface area contributed by atoms with Crippen LogP contribution in [-0.2, 0) is 10.5 Å². The standard InChI is InChI=1S/C7H11N3O3/c1-7(2,13-3)10-4-8-5(9-10)6(11)12/h4H,1-3H3,(H,11,12). The van der Waals surface area contributed by atoms with Gasteiger partial charge in [0.1, 0.15) is 6.33 Å². The minimum absolute atomic E-state index is 0.231. The van der Waals surface area contributed by atoms with Crippen LogP contribution in [0.25, 0.3) is 0 Å². The number of ether oxygens (including phenoxy) is 1. The Morgan fingerprint density at radius 1 is 1.69 bits per heavy atom. The summed E-state index contributed by atoms with van der Waals surface area (Å²) >= 11 is 0. The lowest BCUT2D eigenvalue weighted by Gasteiger charge is -2.22. The molecule has 13 heavy (non-hydrogen) atoms. The largest absolute Gasteiger partial charge is 0.475 e. The molecule has 72 valence electrons. The number of methoxy groups -OCH3 is 1. The van der Waals surface area contributed by atoms with E-state index in [9.17, 15) is 4.79 Å². The predicted molar refractivity (Wildman–Crippen MR) is 43.3 cm³/mol. The summed E-state index contributed by atoms with van der Waals surface area (Å²) in [5.74, 6) is -1.38. The van der Waals surface area contributed by atoms with Gasteiger partial charge in [-0.3, -0.25) is 0 Å². The zero-order valence-corrected chi connectivity index (χ0v) is 7.68. The highest BCUT2D eigenvalue weighted by atomic mass is 16.5. The third-order valence-corrected chi connectivity index (χ3v) is 1.73. The SMILES string of the molecule is COC(C)(C)n1cnc(C(=O)O)n1. The third-order valence-electron chi connectivity index (χ3n) is 1.73. The van der Waals surface area contributed by atoms with E-state index in [-0.39, 0.29) is 5.82 Å². The highest BCUT2D eigenvalue weighted by molar-refractivity contribution is 5.82. The molecular formula is C7H11N3O3. The summed E-state index contributed by atoms with van der Waals surface area (Å²) in [6.45, 7) is 3.51. The van der Waals surface area contributed by atoms with Crippen LogP contribution in [0.2, 0.25) is 0 Å². The van der Waals surface area contributed by atoms with Gasteiger partial charge in [0.2, 0.25) is 0 Å². The first-order valence-electron chi connectivity index (χ1n) is 3.68. The van der Waals surface area contributed by atoms with E-state index >= 15 is 0 Å². The zero-order chi connectivity index (χ0) is 10.1. The number of nitrogens with zero attached hydrogens (tertiary/aromatic N) is 3. The molecule has 0 bridgehead atoms. The van der Waals surface area contributed by atoms with Gasteiger partial charge in [0.05, 0.1) is 0 Å². The number of carboxylic acids is 1. The fourth-order valence-corrected chi connectivity index (χ4v) is 0.714. The molecule has 0 saturated carbocycles. The van der Waals surface area contributed by atoms with E-state index in [0.29, 0.717) is 0 Å². The minimum Gasteiger partial charge on any atom is -0.475 e. The summed E-state index contributed by atoms with van der Waals surface area (Å²) < 4.78 is 6.44. The maximum absolute atomic E-state index is 10.5. The number of carbonyl (C=O) groups is 1. The van der Waals surface area contributed by atoms with E-state index in [2.05, 4.69) is 10.1 Å². The van der Waals surface area contributed by atoms with Crippen molar-refractivity contribution in [3.8, 4) is 0 Å². The number of aromatic nitrogens is 3. The zero-order valence-electron chi connectivity index (χ0n) is 7.68. The van der Waals surface area contributed by atoms with Crippen molar-refractivity contribution in [2.75, 3.05) is 7.11 Å². The van der Waals surface area contributed by atoms with Crippen molar-refractivity contribution in [1.82, 2.24) is 14.8 Å². The number of carboxylic acid groups (broad SMARTS) is 1. The second-order valence-electron chi connectivity index (χ2n) is 2.97. The molecule has 0 aliphatic heterocycles. The normalized spacial score (nSPS) is 11.6. The molecule has 0 saturated heterocycles. The molecule has 0 spiro atoms. The summed E-state index contributed by atoms with van der Waals surface area (Å²) in [5.41, 5.74) is -0.680. The Morgan fingerprint density at radius 3 is 2.69 bits per heavy atom. The maximum atomic E-state index is 10.5. The Kier molecular flexibility index (Phi) is 2.33. The summed E-state index contributed by atoms with van der Waals surface area (Å²) in [7, 11) is 1.52. The Morgan fingerprint density at radius 2 is 2.31 bits per heavy atom. The van der Waals surface area contributed by atoms with Gasteiger partial charge in [-0.15, -0.1) is 5.10 Å². The van der Waals surface area contributed by atoms with Crippen LogP contribution in [0.3, 0.4) is 0 Å². The van der Waals surface area contributed by atoms with Crippen LogP contribution in [0.5, 0.6) is 0 Å². The first-order valence-corrected chi connectivity index (χ1v) is 3.68. The molecule has 6 nitrogen and oxygen atoms in total. The molecule has 0 atom stereocenters. The number of hydrogen-bond acceptors (Lipinski definition) is 4. The van der Waals surface area contributed by atoms with Gasteiger partial charge in [0.15, 0.2) is 5.72 Å². The van der Waals surface area contributed by atoms with E-state index in [1.165, 1.54) is 18.1 Å². The predicted octanol–water partition coefficient (Wildman–Crippen LogP) is 0.315. The van der Waals surface area contributed by atoms with Crippen LogP contribution < -0.4 is 0 Å². The van der Waals surface area contributed by atoms with Crippen LogP contribution in [0.1, 0.15) is 24.5 Å². The summed E-state index contributed by atoms with van der Waals surface area (Å²) in [5, 5.41) is 12.3. The Labute approximate surface area is 75.2 Å². The third kappa shape index (κ3) is 1.83. The van der Waals surface area contributed by atoms with Crippen molar-refractivity contribution in [3.63, 3.8) is 0 Å². The van der Waals surface area contributed by atoms with Crippen LogP contribution in [0.4, 0.5) is 0 Å². The second kappa shape index (κ2) is 3.14. The molecule has 1 aromatic rings. The van der Waals surface area contributed by atoms with Crippen molar-refractivity contribution < 1.29 is 14.6 Å². The average molecular weight is 185 g/mol. The molecule has 0 radical (unpaired) electrons. The summed E-state index contributed by atoms with van der Waals surface area (Å²) in [4.78, 5) is 14.1. The van der Waals surface area contributed by atoms with Gasteiger partial charge in [-0.2, -0.15) is 0 Å². The topological polar surface area (TPSA) is 77.2 Å². The number of aromatic carboxylic acids is 1. The van der Waals surface area contributed by atoms with Crippen molar-refractivity contribution in [2.45, 2.75) is 19.6 Å². The van der Waals surface area contributed by atoms with Gasteiger partial charge in [-0.25, -0.2) is 14.5 Å². The number of hydrogen-bond donors (Lipinski definition) is 1. The van der Waals surface area contributed by atoms with E-state index in [1.54, 1.807) is 13.8 Å². The summed E-state index contributed by atoms with van der Waals surface area (Å²) in [6, 6.07) is 0. The molecule has 0 amide bonds. The van der Waals surface area contributed by atoms with Gasteiger partial charge in [-0.1, -0.05) is 0 Å². The monoisotopic (exact) mass is 185 g/mol. The molecule has 0 aliphatic rings. The highest BCUT2D eigenvalue weighted by Crippen LogP contribution is 2.13. The molecule has 1 aromatic heterocycles. The fraction of sp³-hybridized carbons (Fsp3) is 0.571. The van der Waals surface area contributed by atoms with Crippen LogP contribution >= 0.6 is 0 Å². The molecule has 0 aromatic carbocycles. The van der Waals surface area contributed by atoms with Gasteiger partial charge in [0, 0.05) is 7.11 Å². The van der Waals surface area contributed by atoms with Crippen molar-refractivity contribution >= 4 is 5.97 Å². The average Bonchev–Trinajstić information content (AvgIpc) is 2.52. The molecule has 0 unspecified atom stereocenters. The van der Waals surface area contributed by atoms with Gasteiger partial charge >= 0.3 is 5.97 Å². The lowest BCUT2D eigenvalue weighted by Crippen LogP contribution is -2.29. The molecule has 0 fully saturated rings. The first-order chi connectivity index (χ1) is 5.97. The van der Waals surface area contributed by atoms with Crippen LogP contribution in [-0.4, -0.2) is 33.0 Å². The van der Waals surface area contributed by atoms with Gasteiger partial charge < -0.3 is 9.84 Å². The smallest absolute Gasteiger partial charge is 0.375 e. The fourth-order valence-electron chi connectivity index (χ4n) is 0.714. The lowest BCUT2D eigenvalue weighted by atomic mass is 10.3. The van der Waals surface area contributed by atoms with Crippen LogP contribution in [0.15, 0.2) is 6.33 Å². The minimum atomic E-state index is -1.15. The Balaban J connectivity index is 2.98. The van der Waals surface area contributed by atoms with E-state index in [4.69, 9.17) is 9.84 Å². The quantitative estimate of drug-likeness (QED) is 0.733. The summed E-state index contributed by atoms with van der Waals surface area (Å²) in [6.07, 6.45) is 1.33. The second-order valence-corrected chi connectivity index (χ2v) is 2.97. The molecule has 0 aliphatic carbocycles. The Hall–Kier alpha value is -1.43. The molecule has 1 N–H and O–H groups in total. The van der Waals surface area contributed by atoms with Gasteiger partial charge in [0.25, 0.3) is 5.82 Å².